The third-order valence-corrected chi connectivity index (χ3v) is 2.63. The van der Waals surface area contributed by atoms with Crippen LogP contribution in [-0.4, -0.2) is 41.9 Å². The summed E-state index contributed by atoms with van der Waals surface area (Å²) in [6.07, 6.45) is 3.05. The maximum atomic E-state index is 12.0. The second-order valence-corrected chi connectivity index (χ2v) is 4.57. The highest BCUT2D eigenvalue weighted by atomic mass is 16.5. The Labute approximate surface area is 109 Å². The first-order valence-electron chi connectivity index (χ1n) is 6.42. The van der Waals surface area contributed by atoms with E-state index in [-0.39, 0.29) is 5.78 Å². The zero-order valence-corrected chi connectivity index (χ0v) is 11.5. The summed E-state index contributed by atoms with van der Waals surface area (Å²) in [6.45, 7) is 6.25. The third kappa shape index (κ3) is 4.98. The summed E-state index contributed by atoms with van der Waals surface area (Å²) < 4.78 is 6.76. The van der Waals surface area contributed by atoms with Crippen LogP contribution in [0, 0.1) is 0 Å². The predicted molar refractivity (Wildman–Crippen MR) is 70.8 cm³/mol. The van der Waals surface area contributed by atoms with Crippen LogP contribution in [0.25, 0.3) is 0 Å². The third-order valence-electron chi connectivity index (χ3n) is 2.63. The Morgan fingerprint density at radius 2 is 2.33 bits per heavy atom. The lowest BCUT2D eigenvalue weighted by Crippen LogP contribution is -2.26. The number of carbonyl (C=O) groups excluding carboxylic acids is 1. The SMILES string of the molecule is COCCCn1nccc1C(=O)CCNC(C)C. The van der Waals surface area contributed by atoms with Crippen molar-refractivity contribution in [1.82, 2.24) is 15.1 Å². The zero-order chi connectivity index (χ0) is 13.4. The molecule has 0 radical (unpaired) electrons. The summed E-state index contributed by atoms with van der Waals surface area (Å²) in [4.78, 5) is 12.0. The number of ketones is 1. The highest BCUT2D eigenvalue weighted by Gasteiger charge is 2.11. The lowest BCUT2D eigenvalue weighted by molar-refractivity contribution is 0.0970. The van der Waals surface area contributed by atoms with E-state index in [9.17, 15) is 4.79 Å². The molecule has 1 heterocycles. The maximum Gasteiger partial charge on any atom is 0.182 e. The molecule has 0 saturated heterocycles. The van der Waals surface area contributed by atoms with Gasteiger partial charge in [0, 0.05) is 45.5 Å². The zero-order valence-electron chi connectivity index (χ0n) is 11.5. The number of aromatic nitrogens is 2. The van der Waals surface area contributed by atoms with E-state index in [1.54, 1.807) is 24.1 Å². The van der Waals surface area contributed by atoms with Gasteiger partial charge in [0.25, 0.3) is 0 Å². The number of hydrogen-bond acceptors (Lipinski definition) is 4. The van der Waals surface area contributed by atoms with Gasteiger partial charge in [0.1, 0.15) is 5.69 Å². The van der Waals surface area contributed by atoms with Crippen LogP contribution in [0.2, 0.25) is 0 Å². The van der Waals surface area contributed by atoms with Gasteiger partial charge in [0.05, 0.1) is 0 Å². The van der Waals surface area contributed by atoms with Crippen LogP contribution >= 0.6 is 0 Å². The van der Waals surface area contributed by atoms with Crippen molar-refractivity contribution in [2.24, 2.45) is 0 Å². The fourth-order valence-electron chi connectivity index (χ4n) is 1.71. The molecule has 0 saturated carbocycles. The first-order valence-corrected chi connectivity index (χ1v) is 6.42. The van der Waals surface area contributed by atoms with E-state index in [1.165, 1.54) is 0 Å². The number of ether oxygens (including phenoxy) is 1. The maximum absolute atomic E-state index is 12.0. The smallest absolute Gasteiger partial charge is 0.182 e. The van der Waals surface area contributed by atoms with Gasteiger partial charge < -0.3 is 10.1 Å². The Morgan fingerprint density at radius 1 is 1.56 bits per heavy atom. The number of hydrogen-bond donors (Lipinski definition) is 1. The first-order chi connectivity index (χ1) is 8.65. The molecule has 0 fully saturated rings. The summed E-state index contributed by atoms with van der Waals surface area (Å²) in [6, 6.07) is 2.19. The molecular formula is C13H23N3O2. The molecule has 1 N–H and O–H groups in total. The second-order valence-electron chi connectivity index (χ2n) is 4.57. The average Bonchev–Trinajstić information content (AvgIpc) is 2.77. The summed E-state index contributed by atoms with van der Waals surface area (Å²) in [5, 5.41) is 7.41. The lowest BCUT2D eigenvalue weighted by Gasteiger charge is -2.08. The number of methoxy groups -OCH3 is 1. The van der Waals surface area contributed by atoms with Gasteiger partial charge in [-0.05, 0) is 12.5 Å². The van der Waals surface area contributed by atoms with Gasteiger partial charge >= 0.3 is 0 Å². The van der Waals surface area contributed by atoms with E-state index < -0.39 is 0 Å². The van der Waals surface area contributed by atoms with Crippen LogP contribution in [0.4, 0.5) is 0 Å². The number of Topliss-reactive ketones (excluding diaryl/α,β-unsaturated/α-hetero) is 1. The summed E-state index contributed by atoms with van der Waals surface area (Å²) in [5.74, 6) is 0.137. The number of aryl methyl sites for hydroxylation is 1. The summed E-state index contributed by atoms with van der Waals surface area (Å²) in [5.41, 5.74) is 0.691. The lowest BCUT2D eigenvalue weighted by atomic mass is 10.2. The highest BCUT2D eigenvalue weighted by Crippen LogP contribution is 2.04. The van der Waals surface area contributed by atoms with E-state index in [4.69, 9.17) is 4.74 Å². The number of nitrogens with zero attached hydrogens (tertiary/aromatic N) is 2. The number of nitrogens with one attached hydrogen (secondary N) is 1. The van der Waals surface area contributed by atoms with Crippen LogP contribution in [0.3, 0.4) is 0 Å². The Hall–Kier alpha value is -1.20. The van der Waals surface area contributed by atoms with Crippen LogP contribution in [0.15, 0.2) is 12.3 Å². The van der Waals surface area contributed by atoms with E-state index >= 15 is 0 Å². The highest BCUT2D eigenvalue weighted by molar-refractivity contribution is 5.94. The molecule has 5 nitrogen and oxygen atoms in total. The van der Waals surface area contributed by atoms with Gasteiger partial charge in [-0.2, -0.15) is 5.10 Å². The van der Waals surface area contributed by atoms with Crippen molar-refractivity contribution < 1.29 is 9.53 Å². The Morgan fingerprint density at radius 3 is 3.00 bits per heavy atom. The molecule has 0 unspecified atom stereocenters. The van der Waals surface area contributed by atoms with Gasteiger partial charge in [-0.25, -0.2) is 0 Å². The van der Waals surface area contributed by atoms with Crippen LogP contribution in [0.1, 0.15) is 37.2 Å². The molecule has 18 heavy (non-hydrogen) atoms. The van der Waals surface area contributed by atoms with Gasteiger partial charge in [0.15, 0.2) is 5.78 Å². The molecule has 0 aromatic carbocycles. The van der Waals surface area contributed by atoms with Gasteiger partial charge in [-0.15, -0.1) is 0 Å². The molecule has 0 atom stereocenters. The first kappa shape index (κ1) is 14.9. The molecule has 1 aromatic heterocycles. The van der Waals surface area contributed by atoms with E-state index in [0.29, 0.717) is 31.3 Å². The molecule has 0 spiro atoms. The van der Waals surface area contributed by atoms with Crippen LogP contribution in [-0.2, 0) is 11.3 Å². The molecule has 0 aliphatic rings. The monoisotopic (exact) mass is 253 g/mol. The van der Waals surface area contributed by atoms with Gasteiger partial charge in [-0.1, -0.05) is 13.8 Å². The molecule has 0 aliphatic heterocycles. The van der Waals surface area contributed by atoms with Crippen LogP contribution in [0.5, 0.6) is 0 Å². The average molecular weight is 253 g/mol. The number of rotatable bonds is 9. The van der Waals surface area contributed by atoms with Crippen molar-refractivity contribution in [3.05, 3.63) is 18.0 Å². The van der Waals surface area contributed by atoms with Crippen LogP contribution < -0.4 is 5.32 Å². The normalized spacial score (nSPS) is 11.1. The predicted octanol–water partition coefficient (Wildman–Crippen LogP) is 1.49. The van der Waals surface area contributed by atoms with Gasteiger partial charge in [-0.3, -0.25) is 9.48 Å². The Balaban J connectivity index is 2.44. The fourth-order valence-corrected chi connectivity index (χ4v) is 1.71. The molecule has 102 valence electrons. The summed E-state index contributed by atoms with van der Waals surface area (Å²) >= 11 is 0. The minimum absolute atomic E-state index is 0.137. The van der Waals surface area contributed by atoms with E-state index in [2.05, 4.69) is 24.3 Å². The standard InChI is InChI=1S/C13H23N3O2/c1-11(2)14-7-6-13(17)12-5-8-15-16(12)9-4-10-18-3/h5,8,11,14H,4,6-7,9-10H2,1-3H3. The molecule has 1 aromatic rings. The van der Waals surface area contributed by atoms with Gasteiger partial charge in [0.2, 0.25) is 0 Å². The van der Waals surface area contributed by atoms with Crippen molar-refractivity contribution in [2.45, 2.75) is 39.3 Å². The molecule has 1 rings (SSSR count). The largest absolute Gasteiger partial charge is 0.385 e. The Kier molecular flexibility index (Phi) is 6.60. The van der Waals surface area contributed by atoms with Crippen molar-refractivity contribution in [1.29, 1.82) is 0 Å². The van der Waals surface area contributed by atoms with Crippen molar-refractivity contribution in [2.75, 3.05) is 20.3 Å². The summed E-state index contributed by atoms with van der Waals surface area (Å²) in [7, 11) is 1.67. The minimum atomic E-state index is 0.137. The van der Waals surface area contributed by atoms with Crippen molar-refractivity contribution >= 4 is 5.78 Å². The number of carbonyl (C=O) groups is 1. The molecule has 5 heteroatoms. The van der Waals surface area contributed by atoms with E-state index in [0.717, 1.165) is 13.0 Å². The second kappa shape index (κ2) is 8.00. The molecule has 0 aliphatic carbocycles. The molecule has 0 bridgehead atoms. The van der Waals surface area contributed by atoms with Crippen molar-refractivity contribution in [3.8, 4) is 0 Å². The molecular weight excluding hydrogens is 230 g/mol. The minimum Gasteiger partial charge on any atom is -0.385 e. The fraction of sp³-hybridized carbons (Fsp3) is 0.692. The molecule has 0 amide bonds. The van der Waals surface area contributed by atoms with Crippen molar-refractivity contribution in [3.63, 3.8) is 0 Å². The quantitative estimate of drug-likeness (QED) is 0.535. The Bertz CT molecular complexity index is 361. The van der Waals surface area contributed by atoms with E-state index in [1.807, 2.05) is 0 Å². The topological polar surface area (TPSA) is 56.2 Å².